The van der Waals surface area contributed by atoms with Gasteiger partial charge >= 0.3 is 0 Å². The molecule has 0 aliphatic carbocycles. The SMILES string of the molecule is Cn1cc(C(=O)NCc2ccc(N3CCOCC3)nc2)cn1. The van der Waals surface area contributed by atoms with Gasteiger partial charge in [0.15, 0.2) is 0 Å². The normalized spacial score (nSPS) is 14.9. The highest BCUT2D eigenvalue weighted by molar-refractivity contribution is 5.93. The molecule has 1 fully saturated rings. The minimum Gasteiger partial charge on any atom is -0.378 e. The van der Waals surface area contributed by atoms with E-state index in [1.165, 1.54) is 0 Å². The van der Waals surface area contributed by atoms with Gasteiger partial charge in [0.05, 0.1) is 25.0 Å². The smallest absolute Gasteiger partial charge is 0.254 e. The Bertz CT molecular complexity index is 632. The average molecular weight is 301 g/mol. The van der Waals surface area contributed by atoms with Crippen LogP contribution < -0.4 is 10.2 Å². The van der Waals surface area contributed by atoms with Gasteiger partial charge in [-0.25, -0.2) is 4.98 Å². The van der Waals surface area contributed by atoms with Crippen molar-refractivity contribution in [2.24, 2.45) is 7.05 Å². The number of carbonyl (C=O) groups excluding carboxylic acids is 1. The molecule has 7 heteroatoms. The Labute approximate surface area is 128 Å². The first-order chi connectivity index (χ1) is 10.7. The fraction of sp³-hybridized carbons (Fsp3) is 0.400. The molecule has 2 aromatic heterocycles. The molecule has 7 nitrogen and oxygen atoms in total. The molecule has 22 heavy (non-hydrogen) atoms. The molecule has 3 heterocycles. The molecule has 1 aliphatic rings. The number of hydrogen-bond acceptors (Lipinski definition) is 5. The Hall–Kier alpha value is -2.41. The maximum atomic E-state index is 11.9. The van der Waals surface area contributed by atoms with Gasteiger partial charge in [0, 0.05) is 39.1 Å². The van der Waals surface area contributed by atoms with Crippen LogP contribution in [0.5, 0.6) is 0 Å². The molecule has 1 N–H and O–H groups in total. The number of amides is 1. The second-order valence-corrected chi connectivity index (χ2v) is 5.21. The van der Waals surface area contributed by atoms with E-state index in [1.54, 1.807) is 30.3 Å². The summed E-state index contributed by atoms with van der Waals surface area (Å²) in [6, 6.07) is 3.97. The lowest BCUT2D eigenvalue weighted by Crippen LogP contribution is -2.36. The second-order valence-electron chi connectivity index (χ2n) is 5.21. The lowest BCUT2D eigenvalue weighted by Gasteiger charge is -2.27. The first-order valence-electron chi connectivity index (χ1n) is 7.27. The minimum atomic E-state index is -0.134. The number of rotatable bonds is 4. The van der Waals surface area contributed by atoms with E-state index in [9.17, 15) is 4.79 Å². The topological polar surface area (TPSA) is 72.3 Å². The fourth-order valence-corrected chi connectivity index (χ4v) is 2.32. The molecule has 0 unspecified atom stereocenters. The molecular formula is C15H19N5O2. The number of aryl methyl sites for hydroxylation is 1. The third-order valence-electron chi connectivity index (χ3n) is 3.56. The quantitative estimate of drug-likeness (QED) is 0.894. The molecular weight excluding hydrogens is 282 g/mol. The third-order valence-corrected chi connectivity index (χ3v) is 3.56. The van der Waals surface area contributed by atoms with Crippen molar-refractivity contribution in [2.75, 3.05) is 31.2 Å². The standard InChI is InChI=1S/C15H19N5O2/c1-19-11-13(10-18-19)15(21)17-9-12-2-3-14(16-8-12)20-4-6-22-7-5-20/h2-3,8,10-11H,4-7,9H2,1H3,(H,17,21). The Kier molecular flexibility index (Phi) is 4.34. The molecule has 116 valence electrons. The number of hydrogen-bond donors (Lipinski definition) is 1. The van der Waals surface area contributed by atoms with Crippen molar-refractivity contribution < 1.29 is 9.53 Å². The third kappa shape index (κ3) is 3.43. The van der Waals surface area contributed by atoms with Crippen molar-refractivity contribution in [3.63, 3.8) is 0 Å². The van der Waals surface area contributed by atoms with E-state index in [2.05, 4.69) is 20.3 Å². The van der Waals surface area contributed by atoms with E-state index in [0.29, 0.717) is 12.1 Å². The summed E-state index contributed by atoms with van der Waals surface area (Å²) in [7, 11) is 1.78. The highest BCUT2D eigenvalue weighted by Crippen LogP contribution is 2.13. The van der Waals surface area contributed by atoms with Crippen molar-refractivity contribution in [1.29, 1.82) is 0 Å². The van der Waals surface area contributed by atoms with Crippen LogP contribution in [-0.4, -0.2) is 47.0 Å². The van der Waals surface area contributed by atoms with Crippen molar-refractivity contribution in [3.05, 3.63) is 41.9 Å². The number of ether oxygens (including phenoxy) is 1. The van der Waals surface area contributed by atoms with Gasteiger partial charge in [0.2, 0.25) is 0 Å². The predicted molar refractivity (Wildman–Crippen MR) is 81.6 cm³/mol. The van der Waals surface area contributed by atoms with Gasteiger partial charge in [-0.1, -0.05) is 6.07 Å². The number of anilines is 1. The summed E-state index contributed by atoms with van der Waals surface area (Å²) in [6.45, 7) is 3.66. The second kappa shape index (κ2) is 6.57. The summed E-state index contributed by atoms with van der Waals surface area (Å²) in [5, 5.41) is 6.85. The fourth-order valence-electron chi connectivity index (χ4n) is 2.32. The maximum Gasteiger partial charge on any atom is 0.254 e. The van der Waals surface area contributed by atoms with Crippen LogP contribution in [0.3, 0.4) is 0 Å². The van der Waals surface area contributed by atoms with Crippen LogP contribution in [0.4, 0.5) is 5.82 Å². The van der Waals surface area contributed by atoms with Gasteiger partial charge < -0.3 is 15.0 Å². The molecule has 0 atom stereocenters. The van der Waals surface area contributed by atoms with Gasteiger partial charge in [-0.3, -0.25) is 9.48 Å². The zero-order valence-electron chi connectivity index (χ0n) is 12.5. The summed E-state index contributed by atoms with van der Waals surface area (Å²) in [5.41, 5.74) is 1.52. The first kappa shape index (κ1) is 14.5. The largest absolute Gasteiger partial charge is 0.378 e. The molecule has 0 aromatic carbocycles. The van der Waals surface area contributed by atoms with Crippen LogP contribution in [0.15, 0.2) is 30.7 Å². The molecule has 2 aromatic rings. The van der Waals surface area contributed by atoms with Crippen LogP contribution in [-0.2, 0) is 18.3 Å². The van der Waals surface area contributed by atoms with Crippen molar-refractivity contribution in [3.8, 4) is 0 Å². The average Bonchev–Trinajstić information content (AvgIpc) is 3.00. The zero-order chi connectivity index (χ0) is 15.4. The van der Waals surface area contributed by atoms with Gasteiger partial charge in [0.1, 0.15) is 5.82 Å². The highest BCUT2D eigenvalue weighted by atomic mass is 16.5. The van der Waals surface area contributed by atoms with E-state index < -0.39 is 0 Å². The minimum absolute atomic E-state index is 0.134. The molecule has 1 amide bonds. The van der Waals surface area contributed by atoms with E-state index in [0.717, 1.165) is 37.7 Å². The lowest BCUT2D eigenvalue weighted by atomic mass is 10.2. The van der Waals surface area contributed by atoms with E-state index in [1.807, 2.05) is 12.1 Å². The summed E-state index contributed by atoms with van der Waals surface area (Å²) in [5.74, 6) is 0.816. The van der Waals surface area contributed by atoms with Crippen LogP contribution >= 0.6 is 0 Å². The van der Waals surface area contributed by atoms with Gasteiger partial charge in [0.25, 0.3) is 5.91 Å². The number of aromatic nitrogens is 3. The Morgan fingerprint density at radius 3 is 2.77 bits per heavy atom. The van der Waals surface area contributed by atoms with Crippen LogP contribution in [0.25, 0.3) is 0 Å². The Morgan fingerprint density at radius 1 is 1.32 bits per heavy atom. The number of carbonyl (C=O) groups is 1. The predicted octanol–water partition coefficient (Wildman–Crippen LogP) is 0.582. The summed E-state index contributed by atoms with van der Waals surface area (Å²) in [4.78, 5) is 18.6. The number of morpholine rings is 1. The van der Waals surface area contributed by atoms with Crippen LogP contribution in [0.2, 0.25) is 0 Å². The Balaban J connectivity index is 1.55. The highest BCUT2D eigenvalue weighted by Gasteiger charge is 2.12. The van der Waals surface area contributed by atoms with Crippen LogP contribution in [0, 0.1) is 0 Å². The zero-order valence-corrected chi connectivity index (χ0v) is 12.5. The van der Waals surface area contributed by atoms with E-state index >= 15 is 0 Å². The number of nitrogens with zero attached hydrogens (tertiary/aromatic N) is 4. The molecule has 1 saturated heterocycles. The number of pyridine rings is 1. The summed E-state index contributed by atoms with van der Waals surface area (Å²) in [6.07, 6.45) is 5.04. The van der Waals surface area contributed by atoms with Gasteiger partial charge in [-0.15, -0.1) is 0 Å². The van der Waals surface area contributed by atoms with Crippen molar-refractivity contribution >= 4 is 11.7 Å². The summed E-state index contributed by atoms with van der Waals surface area (Å²) >= 11 is 0. The van der Waals surface area contributed by atoms with E-state index in [4.69, 9.17) is 4.74 Å². The van der Waals surface area contributed by atoms with Gasteiger partial charge in [-0.05, 0) is 11.6 Å². The van der Waals surface area contributed by atoms with Crippen molar-refractivity contribution in [2.45, 2.75) is 6.54 Å². The molecule has 0 radical (unpaired) electrons. The Morgan fingerprint density at radius 2 is 2.14 bits per heavy atom. The van der Waals surface area contributed by atoms with E-state index in [-0.39, 0.29) is 5.91 Å². The molecule has 0 saturated carbocycles. The van der Waals surface area contributed by atoms with Crippen molar-refractivity contribution in [1.82, 2.24) is 20.1 Å². The molecule has 1 aliphatic heterocycles. The number of nitrogens with one attached hydrogen (secondary N) is 1. The van der Waals surface area contributed by atoms with Crippen LogP contribution in [0.1, 0.15) is 15.9 Å². The first-order valence-corrected chi connectivity index (χ1v) is 7.27. The molecule has 0 bridgehead atoms. The monoisotopic (exact) mass is 301 g/mol. The maximum absolute atomic E-state index is 11.9. The molecule has 0 spiro atoms. The summed E-state index contributed by atoms with van der Waals surface area (Å²) < 4.78 is 6.93. The molecule has 3 rings (SSSR count). The van der Waals surface area contributed by atoms with Gasteiger partial charge in [-0.2, -0.15) is 5.10 Å². The lowest BCUT2D eigenvalue weighted by molar-refractivity contribution is 0.0950.